The van der Waals surface area contributed by atoms with E-state index in [1.54, 1.807) is 0 Å². The number of anilines is 1. The molecule has 1 aliphatic carbocycles. The molecule has 2 unspecified atom stereocenters. The van der Waals surface area contributed by atoms with Crippen molar-refractivity contribution in [3.8, 4) is 16.9 Å². The van der Waals surface area contributed by atoms with Crippen molar-refractivity contribution in [3.63, 3.8) is 0 Å². The van der Waals surface area contributed by atoms with E-state index in [0.29, 0.717) is 12.3 Å². The third kappa shape index (κ3) is 4.50. The minimum Gasteiger partial charge on any atom is -1.00 e. The molecule has 0 saturated heterocycles. The number of nitrogens with two attached hydrogens (primary N) is 1. The molecule has 0 aromatic heterocycles. The van der Waals surface area contributed by atoms with Crippen LogP contribution in [-0.2, 0) is 4.74 Å². The fourth-order valence-electron chi connectivity index (χ4n) is 3.81. The van der Waals surface area contributed by atoms with E-state index >= 15 is 0 Å². The lowest BCUT2D eigenvalue weighted by Gasteiger charge is -2.18. The molecule has 0 aliphatic heterocycles. The lowest BCUT2D eigenvalue weighted by atomic mass is 9.91. The molecule has 0 saturated carbocycles. The van der Waals surface area contributed by atoms with Crippen molar-refractivity contribution in [2.75, 3.05) is 12.1 Å². The first kappa shape index (κ1) is 20.7. The second-order valence-corrected chi connectivity index (χ2v) is 7.87. The van der Waals surface area contributed by atoms with Gasteiger partial charge in [-0.15, -0.1) is 0 Å². The number of nitrogen functional groups attached to an aromatic ring is 1. The van der Waals surface area contributed by atoms with E-state index in [0.717, 1.165) is 17.9 Å². The van der Waals surface area contributed by atoms with Crippen LogP contribution in [0.1, 0.15) is 30.4 Å². The minimum absolute atomic E-state index is 0. The largest absolute Gasteiger partial charge is 1.00 e. The standard InChI is InChI=1S/C23H24NO2P.ClH/c1-16(25-15-27-26-18-7-3-2-4-8-18)13-22-19-9-5-6-10-20(19)23-14-17(24)11-12-21(22)23;/h2-12,14,16,22,27H,13,15,24H2,1H3;1H/t16-,22?;/m1./s1. The van der Waals surface area contributed by atoms with E-state index in [-0.39, 0.29) is 27.3 Å². The van der Waals surface area contributed by atoms with Crippen molar-refractivity contribution in [1.82, 2.24) is 0 Å². The smallest absolute Gasteiger partial charge is 0.192 e. The Bertz CT molecular complexity index is 919. The normalized spacial score (nSPS) is 15.7. The van der Waals surface area contributed by atoms with Crippen LogP contribution in [0.25, 0.3) is 11.1 Å². The highest BCUT2D eigenvalue weighted by atomic mass is 35.5. The number of fused-ring (bicyclic) bond motifs is 3. The first-order valence-electron chi connectivity index (χ1n) is 9.36. The summed E-state index contributed by atoms with van der Waals surface area (Å²) in [5.41, 5.74) is 12.1. The van der Waals surface area contributed by atoms with Gasteiger partial charge in [-0.2, -0.15) is 0 Å². The van der Waals surface area contributed by atoms with Gasteiger partial charge in [0.25, 0.3) is 0 Å². The van der Waals surface area contributed by atoms with Crippen LogP contribution in [0.5, 0.6) is 5.75 Å². The Labute approximate surface area is 174 Å². The molecule has 3 aromatic carbocycles. The predicted molar refractivity (Wildman–Crippen MR) is 115 cm³/mol. The summed E-state index contributed by atoms with van der Waals surface area (Å²) in [4.78, 5) is 0. The molecule has 4 rings (SSSR count). The molecule has 0 spiro atoms. The number of hydrogen-bond donors (Lipinski definition) is 1. The number of hydrogen-bond acceptors (Lipinski definition) is 3. The van der Waals surface area contributed by atoms with Crippen molar-refractivity contribution in [3.05, 3.63) is 83.9 Å². The molecule has 3 aromatic rings. The summed E-state index contributed by atoms with van der Waals surface area (Å²) in [5.74, 6) is 1.27. The number of halogens is 1. The molecule has 0 heterocycles. The van der Waals surface area contributed by atoms with Crippen LogP contribution in [0.4, 0.5) is 5.69 Å². The first-order valence-corrected chi connectivity index (χ1v) is 10.6. The minimum atomic E-state index is -0.210. The van der Waals surface area contributed by atoms with Gasteiger partial charge in [0.1, 0.15) is 0 Å². The Morgan fingerprint density at radius 3 is 2.46 bits per heavy atom. The second-order valence-electron chi connectivity index (χ2n) is 6.96. The van der Waals surface area contributed by atoms with Gasteiger partial charge < -0.3 is 27.4 Å². The van der Waals surface area contributed by atoms with Crippen molar-refractivity contribution in [2.24, 2.45) is 0 Å². The van der Waals surface area contributed by atoms with E-state index in [9.17, 15) is 0 Å². The predicted octanol–water partition coefficient (Wildman–Crippen LogP) is 2.54. The zero-order chi connectivity index (χ0) is 18.6. The average Bonchev–Trinajstić information content (AvgIpc) is 2.99. The molecule has 3 nitrogen and oxygen atoms in total. The fraction of sp³-hybridized carbons (Fsp3) is 0.217. The van der Waals surface area contributed by atoms with E-state index in [1.807, 2.05) is 36.4 Å². The van der Waals surface area contributed by atoms with Gasteiger partial charge in [0.2, 0.25) is 0 Å². The Balaban J connectivity index is 0.00000225. The Hall–Kier alpha value is -2.06. The lowest BCUT2D eigenvalue weighted by molar-refractivity contribution is -0.00000724. The van der Waals surface area contributed by atoms with Gasteiger partial charge in [-0.1, -0.05) is 48.5 Å². The summed E-state index contributed by atoms with van der Waals surface area (Å²) < 4.78 is 11.9. The zero-order valence-corrected chi connectivity index (χ0v) is 17.8. The van der Waals surface area contributed by atoms with Crippen LogP contribution in [0.3, 0.4) is 0 Å². The summed E-state index contributed by atoms with van der Waals surface area (Å²) in [7, 11) is -0.210. The van der Waals surface area contributed by atoms with E-state index in [2.05, 4.69) is 43.3 Å². The highest BCUT2D eigenvalue weighted by Crippen LogP contribution is 2.47. The van der Waals surface area contributed by atoms with Gasteiger partial charge in [-0.25, -0.2) is 0 Å². The molecular formula is C23H25ClNO2P. The number of benzene rings is 3. The summed E-state index contributed by atoms with van der Waals surface area (Å²) in [6.07, 6.45) is 1.79. The van der Waals surface area contributed by atoms with Gasteiger partial charge in [0, 0.05) is 11.6 Å². The van der Waals surface area contributed by atoms with Gasteiger partial charge in [0.15, 0.2) is 20.9 Å². The maximum Gasteiger partial charge on any atom is 0.192 e. The Kier molecular flexibility index (Phi) is 6.96. The molecule has 1 aliphatic rings. The van der Waals surface area contributed by atoms with Crippen LogP contribution >= 0.6 is 8.81 Å². The van der Waals surface area contributed by atoms with Crippen molar-refractivity contribution in [1.29, 1.82) is 0 Å². The first-order chi connectivity index (χ1) is 13.2. The molecule has 5 heteroatoms. The molecule has 0 amide bonds. The molecular weight excluding hydrogens is 389 g/mol. The van der Waals surface area contributed by atoms with Gasteiger partial charge in [0.05, 0.1) is 6.10 Å². The van der Waals surface area contributed by atoms with Crippen molar-refractivity contribution >= 4 is 14.5 Å². The maximum absolute atomic E-state index is 6.07. The average molecular weight is 414 g/mol. The third-order valence-electron chi connectivity index (χ3n) is 5.06. The second kappa shape index (κ2) is 9.43. The molecule has 0 fully saturated rings. The maximum atomic E-state index is 6.07. The third-order valence-corrected chi connectivity index (χ3v) is 5.83. The number of ether oxygens (including phenoxy) is 1. The van der Waals surface area contributed by atoms with E-state index < -0.39 is 0 Å². The fourth-order valence-corrected chi connectivity index (χ4v) is 4.64. The lowest BCUT2D eigenvalue weighted by Crippen LogP contribution is -3.00. The molecule has 146 valence electrons. The molecule has 2 N–H and O–H groups in total. The Morgan fingerprint density at radius 2 is 1.64 bits per heavy atom. The SMILES string of the molecule is C[C@H](CC1c2ccccc2-c2cc(N)ccc21)OC[PH2+]Oc1ccccc1.[Cl-]. The molecule has 0 bridgehead atoms. The monoisotopic (exact) mass is 413 g/mol. The highest BCUT2D eigenvalue weighted by Gasteiger charge is 2.29. The van der Waals surface area contributed by atoms with Crippen LogP contribution in [0.2, 0.25) is 0 Å². The molecule has 3 atom stereocenters. The van der Waals surface area contributed by atoms with Crippen LogP contribution in [-0.4, -0.2) is 12.5 Å². The summed E-state index contributed by atoms with van der Waals surface area (Å²) >= 11 is 0. The summed E-state index contributed by atoms with van der Waals surface area (Å²) in [6.45, 7) is 2.15. The van der Waals surface area contributed by atoms with Crippen LogP contribution in [0, 0.1) is 0 Å². The topological polar surface area (TPSA) is 44.5 Å². The van der Waals surface area contributed by atoms with Crippen molar-refractivity contribution in [2.45, 2.75) is 25.4 Å². The quantitative estimate of drug-likeness (QED) is 0.368. The van der Waals surface area contributed by atoms with Gasteiger partial charge in [-0.3, -0.25) is 0 Å². The van der Waals surface area contributed by atoms with Crippen LogP contribution < -0.4 is 22.7 Å². The highest BCUT2D eigenvalue weighted by molar-refractivity contribution is 7.32. The van der Waals surface area contributed by atoms with E-state index in [4.69, 9.17) is 15.0 Å². The summed E-state index contributed by atoms with van der Waals surface area (Å²) in [5, 5.41) is 0. The summed E-state index contributed by atoms with van der Waals surface area (Å²) in [6, 6.07) is 24.8. The molecule has 0 radical (unpaired) electrons. The Morgan fingerprint density at radius 1 is 0.929 bits per heavy atom. The van der Waals surface area contributed by atoms with Crippen molar-refractivity contribution < 1.29 is 21.7 Å². The number of para-hydroxylation sites is 1. The zero-order valence-electron chi connectivity index (χ0n) is 15.8. The van der Waals surface area contributed by atoms with Gasteiger partial charge in [-0.05, 0) is 59.9 Å². The van der Waals surface area contributed by atoms with E-state index in [1.165, 1.54) is 22.3 Å². The van der Waals surface area contributed by atoms with Gasteiger partial charge >= 0.3 is 0 Å². The molecule has 28 heavy (non-hydrogen) atoms. The number of rotatable bonds is 7. The van der Waals surface area contributed by atoms with Crippen LogP contribution in [0.15, 0.2) is 72.8 Å².